The molecule has 0 aliphatic carbocycles. The number of halogens is 1. The van der Waals surface area contributed by atoms with Gasteiger partial charge in [-0.15, -0.1) is 0 Å². The zero-order valence-corrected chi connectivity index (χ0v) is 17.0. The molecule has 0 spiro atoms. The lowest BCUT2D eigenvalue weighted by molar-refractivity contribution is -0.126. The Balaban J connectivity index is 1.91. The number of piperidine rings is 1. The van der Waals surface area contributed by atoms with Crippen molar-refractivity contribution in [3.8, 4) is 0 Å². The number of nitrogens with one attached hydrogen (secondary N) is 1. The fourth-order valence-electron chi connectivity index (χ4n) is 3.53. The highest BCUT2D eigenvalue weighted by Gasteiger charge is 2.30. The minimum Gasteiger partial charge on any atom is -0.355 e. The molecule has 1 unspecified atom stereocenters. The van der Waals surface area contributed by atoms with Gasteiger partial charge in [0.2, 0.25) is 5.91 Å². The Morgan fingerprint density at radius 3 is 2.54 bits per heavy atom. The Morgan fingerprint density at radius 1 is 1.27 bits per heavy atom. The van der Waals surface area contributed by atoms with Gasteiger partial charge in [0, 0.05) is 36.8 Å². The molecule has 1 N–H and O–H groups in total. The molecule has 0 aromatic heterocycles. The van der Waals surface area contributed by atoms with Crippen molar-refractivity contribution in [2.45, 2.75) is 26.7 Å². The van der Waals surface area contributed by atoms with E-state index in [1.807, 2.05) is 14.1 Å². The number of nitrogens with zero attached hydrogens (tertiary/aromatic N) is 2. The molecule has 1 aliphatic rings. The lowest BCUT2D eigenvalue weighted by atomic mass is 9.91. The molecule has 0 radical (unpaired) electrons. The van der Waals surface area contributed by atoms with Gasteiger partial charge in [0.25, 0.3) is 5.91 Å². The Bertz CT molecular complexity index is 628. The Labute approximate surface area is 161 Å². The highest BCUT2D eigenvalue weighted by molar-refractivity contribution is 6.30. The molecular weight excluding hydrogens is 350 g/mol. The predicted octanol–water partition coefficient (Wildman–Crippen LogP) is 2.90. The second-order valence-electron chi connectivity index (χ2n) is 8.22. The standard InChI is InChI=1S/C20H30ClN3O2/c1-20(2,14-23(3)4)13-22-18(25)16-6-5-11-24(12-16)19(26)15-7-9-17(21)10-8-15/h7-10,16H,5-6,11-14H2,1-4H3,(H,22,25). The van der Waals surface area contributed by atoms with Crippen molar-refractivity contribution in [2.75, 3.05) is 40.3 Å². The van der Waals surface area contributed by atoms with E-state index in [-0.39, 0.29) is 23.1 Å². The van der Waals surface area contributed by atoms with Crippen LogP contribution in [0.1, 0.15) is 37.0 Å². The molecule has 0 bridgehead atoms. The number of hydrogen-bond acceptors (Lipinski definition) is 3. The molecule has 1 fully saturated rings. The fourth-order valence-corrected chi connectivity index (χ4v) is 3.66. The first-order valence-electron chi connectivity index (χ1n) is 9.15. The summed E-state index contributed by atoms with van der Waals surface area (Å²) in [6.45, 7) is 6.98. The number of carbonyl (C=O) groups excluding carboxylic acids is 2. The van der Waals surface area contributed by atoms with Crippen LogP contribution in [-0.2, 0) is 4.79 Å². The van der Waals surface area contributed by atoms with E-state index in [1.54, 1.807) is 29.2 Å². The summed E-state index contributed by atoms with van der Waals surface area (Å²) < 4.78 is 0. The number of likely N-dealkylation sites (tertiary alicyclic amines) is 1. The highest BCUT2D eigenvalue weighted by Crippen LogP contribution is 2.21. The summed E-state index contributed by atoms with van der Waals surface area (Å²) in [6.07, 6.45) is 1.67. The number of rotatable bonds is 6. The first-order chi connectivity index (χ1) is 12.2. The summed E-state index contributed by atoms with van der Waals surface area (Å²) in [5, 5.41) is 3.69. The van der Waals surface area contributed by atoms with Gasteiger partial charge in [0.05, 0.1) is 5.92 Å². The number of amides is 2. The summed E-state index contributed by atoms with van der Waals surface area (Å²) in [7, 11) is 4.07. The first-order valence-corrected chi connectivity index (χ1v) is 9.53. The number of benzene rings is 1. The van der Waals surface area contributed by atoms with E-state index < -0.39 is 0 Å². The van der Waals surface area contributed by atoms with Crippen molar-refractivity contribution in [1.29, 1.82) is 0 Å². The average molecular weight is 380 g/mol. The van der Waals surface area contributed by atoms with Gasteiger partial charge in [-0.3, -0.25) is 9.59 Å². The summed E-state index contributed by atoms with van der Waals surface area (Å²) in [6, 6.07) is 6.90. The van der Waals surface area contributed by atoms with Crippen LogP contribution in [0.4, 0.5) is 0 Å². The monoisotopic (exact) mass is 379 g/mol. The second-order valence-corrected chi connectivity index (χ2v) is 8.65. The summed E-state index contributed by atoms with van der Waals surface area (Å²) >= 11 is 5.89. The van der Waals surface area contributed by atoms with Crippen LogP contribution in [0.3, 0.4) is 0 Å². The van der Waals surface area contributed by atoms with Crippen LogP contribution in [0.5, 0.6) is 0 Å². The van der Waals surface area contributed by atoms with Gasteiger partial charge in [0.15, 0.2) is 0 Å². The van der Waals surface area contributed by atoms with E-state index in [9.17, 15) is 9.59 Å². The average Bonchev–Trinajstić information content (AvgIpc) is 2.59. The van der Waals surface area contributed by atoms with Crippen LogP contribution in [0, 0.1) is 11.3 Å². The third-order valence-electron chi connectivity index (χ3n) is 4.66. The van der Waals surface area contributed by atoms with Crippen LogP contribution in [0.25, 0.3) is 0 Å². The molecule has 1 saturated heterocycles. The van der Waals surface area contributed by atoms with Crippen molar-refractivity contribution in [1.82, 2.24) is 15.1 Å². The molecule has 1 heterocycles. The van der Waals surface area contributed by atoms with Crippen molar-refractivity contribution in [3.63, 3.8) is 0 Å². The molecule has 1 aromatic carbocycles. The van der Waals surface area contributed by atoms with Crippen LogP contribution < -0.4 is 5.32 Å². The van der Waals surface area contributed by atoms with E-state index in [4.69, 9.17) is 11.6 Å². The predicted molar refractivity (Wildman–Crippen MR) is 105 cm³/mol. The Morgan fingerprint density at radius 2 is 1.92 bits per heavy atom. The molecular formula is C20H30ClN3O2. The highest BCUT2D eigenvalue weighted by atomic mass is 35.5. The van der Waals surface area contributed by atoms with Crippen molar-refractivity contribution in [2.24, 2.45) is 11.3 Å². The topological polar surface area (TPSA) is 52.7 Å². The van der Waals surface area contributed by atoms with Crippen molar-refractivity contribution >= 4 is 23.4 Å². The third-order valence-corrected chi connectivity index (χ3v) is 4.91. The van der Waals surface area contributed by atoms with Crippen LogP contribution in [-0.4, -0.2) is 61.9 Å². The van der Waals surface area contributed by atoms with Crippen molar-refractivity contribution in [3.05, 3.63) is 34.9 Å². The van der Waals surface area contributed by atoms with Gasteiger partial charge in [-0.2, -0.15) is 0 Å². The molecule has 1 aromatic rings. The second kappa shape index (κ2) is 8.87. The third kappa shape index (κ3) is 5.99. The minimum absolute atomic E-state index is 0.00659. The lowest BCUT2D eigenvalue weighted by Gasteiger charge is -2.33. The van der Waals surface area contributed by atoms with Gasteiger partial charge >= 0.3 is 0 Å². The molecule has 2 amide bonds. The normalized spacial score (nSPS) is 18.1. The number of hydrogen-bond donors (Lipinski definition) is 1. The molecule has 26 heavy (non-hydrogen) atoms. The van der Waals surface area contributed by atoms with Gasteiger partial charge in [-0.05, 0) is 56.6 Å². The smallest absolute Gasteiger partial charge is 0.253 e. The molecule has 144 valence electrons. The largest absolute Gasteiger partial charge is 0.355 e. The quantitative estimate of drug-likeness (QED) is 0.826. The van der Waals surface area contributed by atoms with E-state index in [0.717, 1.165) is 19.4 Å². The van der Waals surface area contributed by atoms with E-state index >= 15 is 0 Å². The Hall–Kier alpha value is -1.59. The molecule has 2 rings (SSSR count). The first kappa shape index (κ1) is 20.7. The van der Waals surface area contributed by atoms with E-state index in [1.165, 1.54) is 0 Å². The van der Waals surface area contributed by atoms with Gasteiger partial charge in [-0.25, -0.2) is 0 Å². The van der Waals surface area contributed by atoms with E-state index in [2.05, 4.69) is 24.1 Å². The van der Waals surface area contributed by atoms with Gasteiger partial charge in [0.1, 0.15) is 0 Å². The van der Waals surface area contributed by atoms with Crippen molar-refractivity contribution < 1.29 is 9.59 Å². The lowest BCUT2D eigenvalue weighted by Crippen LogP contribution is -2.47. The molecule has 0 saturated carbocycles. The zero-order chi connectivity index (χ0) is 19.3. The molecule has 1 aliphatic heterocycles. The van der Waals surface area contributed by atoms with Crippen LogP contribution in [0.2, 0.25) is 5.02 Å². The summed E-state index contributed by atoms with van der Waals surface area (Å²) in [5.41, 5.74) is 0.620. The maximum absolute atomic E-state index is 12.7. The summed E-state index contributed by atoms with van der Waals surface area (Å²) in [4.78, 5) is 29.2. The number of carbonyl (C=O) groups is 2. The van der Waals surface area contributed by atoms with Crippen LogP contribution >= 0.6 is 11.6 Å². The molecule has 1 atom stereocenters. The maximum Gasteiger partial charge on any atom is 0.253 e. The zero-order valence-electron chi connectivity index (χ0n) is 16.2. The summed E-state index contributed by atoms with van der Waals surface area (Å²) in [5.74, 6) is -0.132. The van der Waals surface area contributed by atoms with Gasteiger partial charge in [-0.1, -0.05) is 25.4 Å². The fraction of sp³-hybridized carbons (Fsp3) is 0.600. The minimum atomic E-state index is -0.143. The van der Waals surface area contributed by atoms with E-state index in [0.29, 0.717) is 30.2 Å². The Kier molecular flexibility index (Phi) is 7.07. The molecule has 5 nitrogen and oxygen atoms in total. The maximum atomic E-state index is 12.7. The molecule has 6 heteroatoms. The van der Waals surface area contributed by atoms with Gasteiger partial charge < -0.3 is 15.1 Å². The van der Waals surface area contributed by atoms with Crippen LogP contribution in [0.15, 0.2) is 24.3 Å². The SMILES string of the molecule is CN(C)CC(C)(C)CNC(=O)C1CCCN(C(=O)c2ccc(Cl)cc2)C1.